The molecular formula is C13H19NOS. The van der Waals surface area contributed by atoms with E-state index in [4.69, 9.17) is 0 Å². The second kappa shape index (κ2) is 6.71. The summed E-state index contributed by atoms with van der Waals surface area (Å²) in [7, 11) is 0. The third kappa shape index (κ3) is 3.65. The van der Waals surface area contributed by atoms with Crippen molar-refractivity contribution in [2.75, 3.05) is 0 Å². The van der Waals surface area contributed by atoms with E-state index < -0.39 is 0 Å². The molecule has 3 heteroatoms. The summed E-state index contributed by atoms with van der Waals surface area (Å²) in [5, 5.41) is 0. The Morgan fingerprint density at radius 3 is 2.50 bits per heavy atom. The fraction of sp³-hybridized carbons (Fsp3) is 0.462. The van der Waals surface area contributed by atoms with Crippen LogP contribution in [-0.4, -0.2) is 11.8 Å². The zero-order chi connectivity index (χ0) is 12.0. The largest absolute Gasteiger partial charge is 0.298 e. The Kier molecular flexibility index (Phi) is 5.56. The van der Waals surface area contributed by atoms with Crippen LogP contribution in [0.25, 0.3) is 0 Å². The summed E-state index contributed by atoms with van der Waals surface area (Å²) < 4.78 is 2.81. The van der Waals surface area contributed by atoms with Crippen LogP contribution in [0.15, 0.2) is 30.3 Å². The van der Waals surface area contributed by atoms with E-state index in [9.17, 15) is 4.79 Å². The second-order valence-corrected chi connectivity index (χ2v) is 4.34. The maximum atomic E-state index is 12.0. The molecule has 1 N–H and O–H groups in total. The molecular weight excluding hydrogens is 218 g/mol. The topological polar surface area (TPSA) is 29.1 Å². The molecule has 0 spiro atoms. The Hall–Kier alpha value is -0.800. The van der Waals surface area contributed by atoms with Crippen molar-refractivity contribution in [3.05, 3.63) is 35.9 Å². The summed E-state index contributed by atoms with van der Waals surface area (Å²) in [6, 6.07) is 9.81. The van der Waals surface area contributed by atoms with E-state index in [1.165, 1.54) is 0 Å². The Morgan fingerprint density at radius 2 is 2.00 bits per heavy atom. The number of benzene rings is 1. The van der Waals surface area contributed by atoms with Crippen LogP contribution in [0.2, 0.25) is 0 Å². The van der Waals surface area contributed by atoms with Gasteiger partial charge in [-0.15, -0.1) is 0 Å². The van der Waals surface area contributed by atoms with Gasteiger partial charge in [-0.1, -0.05) is 57.0 Å². The van der Waals surface area contributed by atoms with Gasteiger partial charge in [0.2, 0.25) is 0 Å². The predicted molar refractivity (Wildman–Crippen MR) is 70.5 cm³/mol. The Bertz CT molecular complexity index is 326. The normalized spacial score (nSPS) is 14.4. The van der Waals surface area contributed by atoms with Gasteiger partial charge >= 0.3 is 0 Å². The van der Waals surface area contributed by atoms with Gasteiger partial charge in [0.15, 0.2) is 5.78 Å². The Balaban J connectivity index is 2.66. The molecule has 0 bridgehead atoms. The summed E-state index contributed by atoms with van der Waals surface area (Å²) in [5.41, 5.74) is 1.16. The van der Waals surface area contributed by atoms with Crippen molar-refractivity contribution in [2.45, 2.75) is 32.7 Å². The van der Waals surface area contributed by atoms with Crippen molar-refractivity contribution in [3.63, 3.8) is 0 Å². The average molecular weight is 237 g/mol. The molecule has 1 unspecified atom stereocenters. The highest BCUT2D eigenvalue weighted by Gasteiger charge is 2.21. The van der Waals surface area contributed by atoms with Crippen molar-refractivity contribution < 1.29 is 4.79 Å². The maximum Gasteiger partial charge on any atom is 0.153 e. The number of nitrogens with one attached hydrogen (secondary N) is 1. The molecule has 0 fully saturated rings. The molecule has 1 aromatic carbocycles. The minimum atomic E-state index is -0.194. The van der Waals surface area contributed by atoms with Gasteiger partial charge < -0.3 is 0 Å². The van der Waals surface area contributed by atoms with Crippen molar-refractivity contribution in [2.24, 2.45) is 5.92 Å². The van der Waals surface area contributed by atoms with Gasteiger partial charge in [-0.05, 0) is 18.4 Å². The molecule has 0 radical (unpaired) electrons. The van der Waals surface area contributed by atoms with Crippen LogP contribution in [0.5, 0.6) is 0 Å². The molecule has 0 saturated carbocycles. The van der Waals surface area contributed by atoms with Gasteiger partial charge in [0.1, 0.15) is 0 Å². The average Bonchev–Trinajstić information content (AvgIpc) is 2.35. The van der Waals surface area contributed by atoms with Gasteiger partial charge in [0, 0.05) is 5.92 Å². The highest BCUT2D eigenvalue weighted by Crippen LogP contribution is 2.11. The number of hydrogen-bond acceptors (Lipinski definition) is 3. The lowest BCUT2D eigenvalue weighted by atomic mass is 9.94. The van der Waals surface area contributed by atoms with E-state index in [1.54, 1.807) is 0 Å². The number of carbonyl (C=O) groups is 1. The van der Waals surface area contributed by atoms with Gasteiger partial charge in [0.25, 0.3) is 0 Å². The summed E-state index contributed by atoms with van der Waals surface area (Å²) >= 11 is 4.05. The number of hydrogen-bond donors (Lipinski definition) is 2. The standard InChI is InChI=1S/C13H19NOS/c1-3-10(2)13(15)12(14-16)9-11-7-5-4-6-8-11/h4-8,10,12,14,16H,3,9H2,1-2H3/t10?,12-/m0/s1. The molecule has 0 saturated heterocycles. The highest BCUT2D eigenvalue weighted by molar-refractivity contribution is 7.78. The minimum absolute atomic E-state index is 0.0911. The third-order valence-electron chi connectivity index (χ3n) is 2.88. The molecule has 0 aromatic heterocycles. The smallest absolute Gasteiger partial charge is 0.153 e. The zero-order valence-corrected chi connectivity index (χ0v) is 10.7. The van der Waals surface area contributed by atoms with Crippen molar-refractivity contribution in [3.8, 4) is 0 Å². The zero-order valence-electron chi connectivity index (χ0n) is 9.81. The summed E-state index contributed by atoms with van der Waals surface area (Å²) in [6.45, 7) is 3.99. The highest BCUT2D eigenvalue weighted by atomic mass is 32.1. The summed E-state index contributed by atoms with van der Waals surface area (Å²) in [4.78, 5) is 12.0. The molecule has 88 valence electrons. The fourth-order valence-electron chi connectivity index (χ4n) is 1.60. The van der Waals surface area contributed by atoms with Crippen molar-refractivity contribution in [1.29, 1.82) is 0 Å². The molecule has 1 rings (SSSR count). The number of thiol groups is 1. The van der Waals surface area contributed by atoms with Crippen LogP contribution < -0.4 is 4.72 Å². The molecule has 0 heterocycles. The first-order valence-electron chi connectivity index (χ1n) is 5.66. The number of carbonyl (C=O) groups excluding carboxylic acids is 1. The molecule has 16 heavy (non-hydrogen) atoms. The first-order chi connectivity index (χ1) is 7.69. The third-order valence-corrected chi connectivity index (χ3v) is 3.19. The molecule has 0 amide bonds. The van der Waals surface area contributed by atoms with Crippen LogP contribution in [0.3, 0.4) is 0 Å². The first-order valence-corrected chi connectivity index (χ1v) is 6.11. The predicted octanol–water partition coefficient (Wildman–Crippen LogP) is 2.65. The van der Waals surface area contributed by atoms with Crippen LogP contribution in [0.1, 0.15) is 25.8 Å². The molecule has 1 aromatic rings. The van der Waals surface area contributed by atoms with E-state index in [1.807, 2.05) is 44.2 Å². The molecule has 2 nitrogen and oxygen atoms in total. The Morgan fingerprint density at radius 1 is 1.38 bits per heavy atom. The van der Waals surface area contributed by atoms with E-state index >= 15 is 0 Å². The van der Waals surface area contributed by atoms with E-state index in [2.05, 4.69) is 17.5 Å². The lowest BCUT2D eigenvalue weighted by molar-refractivity contribution is -0.124. The fourth-order valence-corrected chi connectivity index (χ4v) is 1.82. The molecule has 0 aliphatic rings. The van der Waals surface area contributed by atoms with Crippen molar-refractivity contribution in [1.82, 2.24) is 4.72 Å². The van der Waals surface area contributed by atoms with Crippen LogP contribution >= 0.6 is 12.8 Å². The van der Waals surface area contributed by atoms with Crippen LogP contribution in [-0.2, 0) is 11.2 Å². The van der Waals surface area contributed by atoms with Crippen LogP contribution in [0.4, 0.5) is 0 Å². The van der Waals surface area contributed by atoms with Gasteiger partial charge in [-0.3, -0.25) is 9.52 Å². The maximum absolute atomic E-state index is 12.0. The second-order valence-electron chi connectivity index (χ2n) is 4.08. The monoisotopic (exact) mass is 237 g/mol. The summed E-state index contributed by atoms with van der Waals surface area (Å²) in [6.07, 6.45) is 1.58. The number of Topliss-reactive ketones (excluding diaryl/α,β-unsaturated/α-hetero) is 1. The lowest BCUT2D eigenvalue weighted by Gasteiger charge is -2.17. The SMILES string of the molecule is CCC(C)C(=O)[C@H](Cc1ccccc1)NS. The molecule has 2 atom stereocenters. The quantitative estimate of drug-likeness (QED) is 0.745. The van der Waals surface area contributed by atoms with Gasteiger partial charge in [-0.25, -0.2) is 0 Å². The van der Waals surface area contributed by atoms with E-state index in [0.717, 1.165) is 12.0 Å². The van der Waals surface area contributed by atoms with Gasteiger partial charge in [0.05, 0.1) is 6.04 Å². The molecule has 0 aliphatic carbocycles. The van der Waals surface area contributed by atoms with E-state index in [-0.39, 0.29) is 17.7 Å². The Labute approximate surface area is 103 Å². The minimum Gasteiger partial charge on any atom is -0.298 e. The molecule has 0 aliphatic heterocycles. The van der Waals surface area contributed by atoms with Crippen molar-refractivity contribution >= 4 is 18.6 Å². The lowest BCUT2D eigenvalue weighted by Crippen LogP contribution is -2.36. The summed E-state index contributed by atoms with van der Waals surface area (Å²) in [5.74, 6) is 0.328. The van der Waals surface area contributed by atoms with Gasteiger partial charge in [-0.2, -0.15) is 0 Å². The number of ketones is 1. The van der Waals surface area contributed by atoms with Crippen LogP contribution in [0, 0.1) is 5.92 Å². The number of rotatable bonds is 6. The van der Waals surface area contributed by atoms with E-state index in [0.29, 0.717) is 6.42 Å². The first kappa shape index (κ1) is 13.3.